The van der Waals surface area contributed by atoms with E-state index in [0.29, 0.717) is 10.8 Å². The van der Waals surface area contributed by atoms with Crippen molar-refractivity contribution >= 4 is 33.7 Å². The normalized spacial score (nSPS) is 10.7. The number of thiazole rings is 2. The fraction of sp³-hybridized carbons (Fsp3) is 0.188. The van der Waals surface area contributed by atoms with Gasteiger partial charge in [0.25, 0.3) is 5.91 Å². The Labute approximate surface area is 136 Å². The van der Waals surface area contributed by atoms with Crippen LogP contribution in [0.3, 0.4) is 0 Å². The van der Waals surface area contributed by atoms with Crippen LogP contribution in [0.2, 0.25) is 0 Å². The molecule has 0 atom stereocenters. The van der Waals surface area contributed by atoms with Crippen LogP contribution in [0.15, 0.2) is 30.3 Å². The highest BCUT2D eigenvalue weighted by molar-refractivity contribution is 7.16. The van der Waals surface area contributed by atoms with Crippen LogP contribution in [0.4, 0.5) is 5.13 Å². The van der Waals surface area contributed by atoms with E-state index in [4.69, 9.17) is 0 Å². The van der Waals surface area contributed by atoms with Crippen molar-refractivity contribution in [3.8, 4) is 10.4 Å². The predicted molar refractivity (Wildman–Crippen MR) is 91.8 cm³/mol. The minimum absolute atomic E-state index is 0.211. The van der Waals surface area contributed by atoms with Gasteiger partial charge in [-0.1, -0.05) is 30.3 Å². The van der Waals surface area contributed by atoms with E-state index in [1.807, 2.05) is 51.1 Å². The summed E-state index contributed by atoms with van der Waals surface area (Å²) in [5, 5.41) is 4.34. The number of aromatic nitrogens is 2. The maximum atomic E-state index is 12.5. The summed E-state index contributed by atoms with van der Waals surface area (Å²) in [6, 6.07) is 9.85. The van der Waals surface area contributed by atoms with Crippen molar-refractivity contribution in [2.24, 2.45) is 0 Å². The van der Waals surface area contributed by atoms with Crippen molar-refractivity contribution in [1.82, 2.24) is 9.97 Å². The monoisotopic (exact) mass is 329 g/mol. The Kier molecular flexibility index (Phi) is 4.04. The van der Waals surface area contributed by atoms with E-state index in [1.54, 1.807) is 0 Å². The van der Waals surface area contributed by atoms with Crippen molar-refractivity contribution in [3.63, 3.8) is 0 Å². The molecule has 0 saturated heterocycles. The number of benzene rings is 1. The Morgan fingerprint density at radius 2 is 1.77 bits per heavy atom. The molecule has 0 fully saturated rings. The first kappa shape index (κ1) is 14.9. The number of aryl methyl sites for hydroxylation is 3. The summed E-state index contributed by atoms with van der Waals surface area (Å²) in [5.74, 6) is -0.211. The van der Waals surface area contributed by atoms with Crippen LogP contribution in [0.1, 0.15) is 26.1 Å². The first-order valence-corrected chi connectivity index (χ1v) is 8.46. The smallest absolute Gasteiger partial charge is 0.277 e. The number of carbonyl (C=O) groups is 1. The zero-order chi connectivity index (χ0) is 15.7. The molecule has 112 valence electrons. The van der Waals surface area contributed by atoms with Crippen LogP contribution in [0.5, 0.6) is 0 Å². The number of hydrogen-bond acceptors (Lipinski definition) is 5. The summed E-state index contributed by atoms with van der Waals surface area (Å²) >= 11 is 3.00. The third-order valence-electron chi connectivity index (χ3n) is 3.23. The third-order valence-corrected chi connectivity index (χ3v) is 5.24. The van der Waals surface area contributed by atoms with Gasteiger partial charge >= 0.3 is 0 Å². The second-order valence-corrected chi connectivity index (χ2v) is 7.30. The van der Waals surface area contributed by atoms with Crippen LogP contribution >= 0.6 is 22.7 Å². The molecule has 0 saturated carbocycles. The molecule has 0 unspecified atom stereocenters. The van der Waals surface area contributed by atoms with Crippen LogP contribution in [-0.2, 0) is 0 Å². The molecule has 1 aromatic carbocycles. The second-order valence-electron chi connectivity index (χ2n) is 4.89. The molecular weight excluding hydrogens is 314 g/mol. The Hall–Kier alpha value is -2.05. The zero-order valence-corrected chi connectivity index (χ0v) is 14.1. The number of nitrogens with one attached hydrogen (secondary N) is 1. The first-order chi connectivity index (χ1) is 10.5. The van der Waals surface area contributed by atoms with Crippen LogP contribution < -0.4 is 5.32 Å². The van der Waals surface area contributed by atoms with Crippen molar-refractivity contribution in [3.05, 3.63) is 51.6 Å². The lowest BCUT2D eigenvalue weighted by molar-refractivity contribution is 0.102. The Balaban J connectivity index is 1.93. The number of hydrogen-bond donors (Lipinski definition) is 1. The molecule has 3 rings (SSSR count). The van der Waals surface area contributed by atoms with Crippen molar-refractivity contribution < 1.29 is 4.79 Å². The second kappa shape index (κ2) is 5.98. The highest BCUT2D eigenvalue weighted by Gasteiger charge is 2.19. The topological polar surface area (TPSA) is 54.9 Å². The predicted octanol–water partition coefficient (Wildman–Crippen LogP) is 4.44. The Morgan fingerprint density at radius 1 is 1.05 bits per heavy atom. The standard InChI is InChI=1S/C16H15N3OS2/c1-9-10(2)21-16(17-9)19-15(20)13-14(22-11(3)18-13)12-7-5-4-6-8-12/h4-8H,1-3H3,(H,17,19,20). The molecule has 4 nitrogen and oxygen atoms in total. The van der Waals surface area contributed by atoms with E-state index in [0.717, 1.165) is 26.0 Å². The van der Waals surface area contributed by atoms with Gasteiger partial charge < -0.3 is 0 Å². The van der Waals surface area contributed by atoms with Crippen molar-refractivity contribution in [2.75, 3.05) is 5.32 Å². The molecule has 1 amide bonds. The molecule has 0 spiro atoms. The lowest BCUT2D eigenvalue weighted by Crippen LogP contribution is -2.13. The molecule has 3 aromatic rings. The summed E-state index contributed by atoms with van der Waals surface area (Å²) in [6.07, 6.45) is 0. The molecule has 22 heavy (non-hydrogen) atoms. The summed E-state index contributed by atoms with van der Waals surface area (Å²) < 4.78 is 0. The summed E-state index contributed by atoms with van der Waals surface area (Å²) in [4.78, 5) is 23.3. The molecule has 0 bridgehead atoms. The zero-order valence-electron chi connectivity index (χ0n) is 12.5. The van der Waals surface area contributed by atoms with Crippen molar-refractivity contribution in [1.29, 1.82) is 0 Å². The number of amides is 1. The fourth-order valence-electron chi connectivity index (χ4n) is 2.05. The maximum Gasteiger partial charge on any atom is 0.277 e. The third kappa shape index (κ3) is 2.93. The molecule has 0 aliphatic carbocycles. The molecule has 2 aromatic heterocycles. The highest BCUT2D eigenvalue weighted by atomic mass is 32.1. The van der Waals surface area contributed by atoms with Gasteiger partial charge in [-0.2, -0.15) is 0 Å². The molecule has 0 aliphatic heterocycles. The summed E-state index contributed by atoms with van der Waals surface area (Å²) in [7, 11) is 0. The number of anilines is 1. The average molecular weight is 329 g/mol. The van der Waals surface area contributed by atoms with Gasteiger partial charge in [0.15, 0.2) is 5.13 Å². The lowest BCUT2D eigenvalue weighted by Gasteiger charge is -2.02. The van der Waals surface area contributed by atoms with Gasteiger partial charge in [-0.25, -0.2) is 9.97 Å². The van der Waals surface area contributed by atoms with E-state index in [2.05, 4.69) is 15.3 Å². The number of rotatable bonds is 3. The van der Waals surface area contributed by atoms with Crippen LogP contribution in [0, 0.1) is 20.8 Å². The van der Waals surface area contributed by atoms with Gasteiger partial charge in [-0.3, -0.25) is 10.1 Å². The van der Waals surface area contributed by atoms with E-state index < -0.39 is 0 Å². The molecule has 0 aliphatic rings. The van der Waals surface area contributed by atoms with E-state index in [-0.39, 0.29) is 5.91 Å². The van der Waals surface area contributed by atoms with Gasteiger partial charge in [-0.15, -0.1) is 22.7 Å². The molecular formula is C16H15N3OS2. The SMILES string of the molecule is Cc1nc(C(=O)Nc2nc(C)c(C)s2)c(-c2ccccc2)s1. The van der Waals surface area contributed by atoms with E-state index in [9.17, 15) is 4.79 Å². The largest absolute Gasteiger partial charge is 0.296 e. The molecule has 6 heteroatoms. The van der Waals surface area contributed by atoms with Gasteiger partial charge in [0.05, 0.1) is 15.6 Å². The van der Waals surface area contributed by atoms with Crippen LogP contribution in [0.25, 0.3) is 10.4 Å². The van der Waals surface area contributed by atoms with Crippen LogP contribution in [-0.4, -0.2) is 15.9 Å². The fourth-order valence-corrected chi connectivity index (χ4v) is 3.78. The van der Waals surface area contributed by atoms with E-state index >= 15 is 0 Å². The number of carbonyl (C=O) groups excluding carboxylic acids is 1. The quantitative estimate of drug-likeness (QED) is 0.772. The summed E-state index contributed by atoms with van der Waals surface area (Å²) in [5.41, 5.74) is 2.40. The van der Waals surface area contributed by atoms with E-state index in [1.165, 1.54) is 22.7 Å². The van der Waals surface area contributed by atoms with Crippen molar-refractivity contribution in [2.45, 2.75) is 20.8 Å². The van der Waals surface area contributed by atoms with Gasteiger partial charge in [0.1, 0.15) is 5.69 Å². The molecule has 0 radical (unpaired) electrons. The van der Waals surface area contributed by atoms with Gasteiger partial charge in [0, 0.05) is 4.88 Å². The molecule has 1 N–H and O–H groups in total. The minimum atomic E-state index is -0.211. The lowest BCUT2D eigenvalue weighted by atomic mass is 10.1. The summed E-state index contributed by atoms with van der Waals surface area (Å²) in [6.45, 7) is 5.83. The number of nitrogens with zero attached hydrogens (tertiary/aromatic N) is 2. The first-order valence-electron chi connectivity index (χ1n) is 6.83. The van der Waals surface area contributed by atoms with Gasteiger partial charge in [-0.05, 0) is 26.3 Å². The van der Waals surface area contributed by atoms with Gasteiger partial charge in [0.2, 0.25) is 0 Å². The molecule has 2 heterocycles. The highest BCUT2D eigenvalue weighted by Crippen LogP contribution is 2.31. The maximum absolute atomic E-state index is 12.5. The average Bonchev–Trinajstić information content (AvgIpc) is 3.03. The minimum Gasteiger partial charge on any atom is -0.296 e. The Morgan fingerprint density at radius 3 is 2.41 bits per heavy atom. The Bertz CT molecular complexity index is 802.